The molecule has 0 saturated carbocycles. The maximum atomic E-state index is 2.51. The molecular weight excluding hydrogens is 611 g/mol. The molecule has 9 aromatic rings. The Labute approximate surface area is 290 Å². The summed E-state index contributed by atoms with van der Waals surface area (Å²) in [6, 6.07) is 60.7. The van der Waals surface area contributed by atoms with Gasteiger partial charge in [-0.25, -0.2) is 0 Å². The summed E-state index contributed by atoms with van der Waals surface area (Å²) in [7, 11) is 0. The molecule has 49 heavy (non-hydrogen) atoms. The maximum Gasteiger partial charge on any atom is 0.0646 e. The normalized spacial score (nSPS) is 13.3. The molecule has 0 N–H and O–H groups in total. The van der Waals surface area contributed by atoms with Gasteiger partial charge in [-0.3, -0.25) is 0 Å². The summed E-state index contributed by atoms with van der Waals surface area (Å²) in [5, 5.41) is 7.71. The van der Waals surface area contributed by atoms with Gasteiger partial charge in [0, 0.05) is 32.3 Å². The van der Waals surface area contributed by atoms with E-state index in [-0.39, 0.29) is 5.41 Å². The molecule has 232 valence electrons. The first kappa shape index (κ1) is 28.3. The van der Waals surface area contributed by atoms with Gasteiger partial charge in [0.15, 0.2) is 0 Å². The highest BCUT2D eigenvalue weighted by Gasteiger charge is 2.36. The first-order valence-corrected chi connectivity index (χ1v) is 17.8. The summed E-state index contributed by atoms with van der Waals surface area (Å²) in [5.74, 6) is 0. The van der Waals surface area contributed by atoms with Crippen molar-refractivity contribution in [3.05, 3.63) is 175 Å². The number of hydrogen-bond acceptors (Lipinski definition) is 2. The number of hydrogen-bond donors (Lipinski definition) is 0. The van der Waals surface area contributed by atoms with Crippen molar-refractivity contribution in [2.24, 2.45) is 0 Å². The first-order chi connectivity index (χ1) is 24.0. The second kappa shape index (κ2) is 10.7. The summed E-state index contributed by atoms with van der Waals surface area (Å²) < 4.78 is 2.62. The van der Waals surface area contributed by atoms with E-state index >= 15 is 0 Å². The summed E-state index contributed by atoms with van der Waals surface area (Å²) in [6.07, 6.45) is 0. The fourth-order valence-corrected chi connectivity index (χ4v) is 9.40. The van der Waals surface area contributed by atoms with Crippen LogP contribution in [0.4, 0.5) is 17.1 Å². The van der Waals surface area contributed by atoms with Crippen molar-refractivity contribution in [3.8, 4) is 22.3 Å². The molecular formula is C47H33NS. The molecule has 0 radical (unpaired) electrons. The van der Waals surface area contributed by atoms with Crippen LogP contribution in [0.5, 0.6) is 0 Å². The molecule has 2 heteroatoms. The maximum absolute atomic E-state index is 2.51. The minimum Gasteiger partial charge on any atom is -0.309 e. The van der Waals surface area contributed by atoms with E-state index in [0.29, 0.717) is 0 Å². The van der Waals surface area contributed by atoms with E-state index in [1.807, 2.05) is 11.3 Å². The van der Waals surface area contributed by atoms with Crippen LogP contribution in [0, 0.1) is 0 Å². The molecule has 0 atom stereocenters. The third-order valence-corrected chi connectivity index (χ3v) is 11.8. The third-order valence-electron chi connectivity index (χ3n) is 10.6. The molecule has 1 nitrogen and oxygen atoms in total. The van der Waals surface area contributed by atoms with Crippen molar-refractivity contribution < 1.29 is 0 Å². The van der Waals surface area contributed by atoms with Crippen molar-refractivity contribution >= 4 is 70.1 Å². The largest absolute Gasteiger partial charge is 0.309 e. The van der Waals surface area contributed by atoms with Crippen molar-refractivity contribution in [1.29, 1.82) is 0 Å². The lowest BCUT2D eigenvalue weighted by Gasteiger charge is -2.29. The Hall–Kier alpha value is -5.70. The van der Waals surface area contributed by atoms with Crippen molar-refractivity contribution in [2.45, 2.75) is 19.3 Å². The summed E-state index contributed by atoms with van der Waals surface area (Å²) in [4.78, 5) is 2.51. The monoisotopic (exact) mass is 643 g/mol. The molecule has 0 spiro atoms. The minimum atomic E-state index is -0.100. The van der Waals surface area contributed by atoms with Gasteiger partial charge in [0.1, 0.15) is 0 Å². The van der Waals surface area contributed by atoms with Crippen LogP contribution in [0.15, 0.2) is 164 Å². The fraction of sp³-hybridized carbons (Fsp3) is 0.0638. The Bertz CT molecular complexity index is 2770. The SMILES string of the molecule is CC1(C)c2ccccc2-c2ccc(N(c3cccc(-c4ccc5ccccc5c4)c3)c3cc4ccccc4c4c3sc3ccccc34)cc21. The molecule has 1 aromatic heterocycles. The summed E-state index contributed by atoms with van der Waals surface area (Å²) in [6.45, 7) is 4.73. The van der Waals surface area contributed by atoms with Crippen LogP contribution in [0.25, 0.3) is 64.0 Å². The number of anilines is 3. The standard InChI is InChI=1S/C47H33NS/c1-47(2)41-20-9-7-18-38(41)39-25-24-36(29-42(39)47)48(35-16-11-15-32(27-35)33-23-22-30-12-3-4-13-31(30)26-33)43-28-34-14-5-6-17-37(34)45-40-19-8-10-21-44(40)49-46(43)45/h3-29H,1-2H3. The van der Waals surface area contributed by atoms with Gasteiger partial charge in [-0.1, -0.05) is 135 Å². The first-order valence-electron chi connectivity index (χ1n) is 17.0. The van der Waals surface area contributed by atoms with Crippen LogP contribution in [0.3, 0.4) is 0 Å². The van der Waals surface area contributed by atoms with Gasteiger partial charge in [-0.2, -0.15) is 0 Å². The molecule has 1 heterocycles. The second-order valence-corrected chi connectivity index (χ2v) is 14.8. The molecule has 0 saturated heterocycles. The molecule has 0 amide bonds. The van der Waals surface area contributed by atoms with E-state index in [2.05, 4.69) is 183 Å². The van der Waals surface area contributed by atoms with Crippen LogP contribution in [-0.4, -0.2) is 0 Å². The number of thiophene rings is 1. The lowest BCUT2D eigenvalue weighted by Crippen LogP contribution is -2.16. The van der Waals surface area contributed by atoms with Crippen LogP contribution >= 0.6 is 11.3 Å². The lowest BCUT2D eigenvalue weighted by molar-refractivity contribution is 0.660. The number of fused-ring (bicyclic) bond motifs is 9. The van der Waals surface area contributed by atoms with E-state index < -0.39 is 0 Å². The predicted octanol–water partition coefficient (Wildman–Crippen LogP) is 13.8. The van der Waals surface area contributed by atoms with Crippen LogP contribution < -0.4 is 4.90 Å². The third kappa shape index (κ3) is 4.31. The zero-order valence-electron chi connectivity index (χ0n) is 27.4. The molecule has 1 aliphatic rings. The smallest absolute Gasteiger partial charge is 0.0646 e. The average molecular weight is 644 g/mol. The van der Waals surface area contributed by atoms with Gasteiger partial charge in [0.2, 0.25) is 0 Å². The zero-order chi connectivity index (χ0) is 32.7. The minimum absolute atomic E-state index is 0.100. The lowest BCUT2D eigenvalue weighted by atomic mass is 9.82. The quantitative estimate of drug-likeness (QED) is 0.184. The highest BCUT2D eigenvalue weighted by atomic mass is 32.1. The van der Waals surface area contributed by atoms with E-state index in [1.54, 1.807) is 0 Å². The Balaban J connectivity index is 1.25. The average Bonchev–Trinajstić information content (AvgIpc) is 3.65. The molecule has 0 unspecified atom stereocenters. The molecule has 0 fully saturated rings. The van der Waals surface area contributed by atoms with Gasteiger partial charge in [0.25, 0.3) is 0 Å². The van der Waals surface area contributed by atoms with Gasteiger partial charge in [-0.15, -0.1) is 11.3 Å². The van der Waals surface area contributed by atoms with Gasteiger partial charge in [0.05, 0.1) is 10.4 Å². The fourth-order valence-electron chi connectivity index (χ4n) is 8.17. The Morgan fingerprint density at radius 2 is 1.16 bits per heavy atom. The number of benzene rings is 8. The zero-order valence-corrected chi connectivity index (χ0v) is 28.3. The summed E-state index contributed by atoms with van der Waals surface area (Å²) in [5.41, 5.74) is 11.3. The number of rotatable bonds is 4. The number of nitrogens with zero attached hydrogens (tertiary/aromatic N) is 1. The van der Waals surface area contributed by atoms with E-state index in [4.69, 9.17) is 0 Å². The van der Waals surface area contributed by atoms with Crippen molar-refractivity contribution in [2.75, 3.05) is 4.90 Å². The van der Waals surface area contributed by atoms with E-state index in [1.165, 1.54) is 86.5 Å². The van der Waals surface area contributed by atoms with E-state index in [9.17, 15) is 0 Å². The highest BCUT2D eigenvalue weighted by molar-refractivity contribution is 7.26. The van der Waals surface area contributed by atoms with Gasteiger partial charge >= 0.3 is 0 Å². The predicted molar refractivity (Wildman–Crippen MR) is 212 cm³/mol. The summed E-state index contributed by atoms with van der Waals surface area (Å²) >= 11 is 1.90. The molecule has 8 aromatic carbocycles. The molecule has 10 rings (SSSR count). The highest BCUT2D eigenvalue weighted by Crippen LogP contribution is 2.52. The Morgan fingerprint density at radius 3 is 2.06 bits per heavy atom. The van der Waals surface area contributed by atoms with Gasteiger partial charge < -0.3 is 4.90 Å². The van der Waals surface area contributed by atoms with Crippen LogP contribution in [0.2, 0.25) is 0 Å². The second-order valence-electron chi connectivity index (χ2n) is 13.8. The topological polar surface area (TPSA) is 3.24 Å². The van der Waals surface area contributed by atoms with Crippen LogP contribution in [-0.2, 0) is 5.41 Å². The molecule has 0 aliphatic heterocycles. The Morgan fingerprint density at radius 1 is 0.469 bits per heavy atom. The van der Waals surface area contributed by atoms with E-state index in [0.717, 1.165) is 5.69 Å². The van der Waals surface area contributed by atoms with Crippen LogP contribution in [0.1, 0.15) is 25.0 Å². The van der Waals surface area contributed by atoms with Crippen molar-refractivity contribution in [1.82, 2.24) is 0 Å². The van der Waals surface area contributed by atoms with Crippen molar-refractivity contribution in [3.63, 3.8) is 0 Å². The molecule has 0 bridgehead atoms. The molecule has 1 aliphatic carbocycles. The van der Waals surface area contributed by atoms with Gasteiger partial charge in [-0.05, 0) is 97.4 Å². The Kier molecular flexibility index (Phi) is 6.16.